The highest BCUT2D eigenvalue weighted by Crippen LogP contribution is 2.45. The van der Waals surface area contributed by atoms with Crippen LogP contribution in [0.3, 0.4) is 0 Å². The van der Waals surface area contributed by atoms with Gasteiger partial charge in [0.05, 0.1) is 43.0 Å². The number of piperidine rings is 1. The summed E-state index contributed by atoms with van der Waals surface area (Å²) in [6.07, 6.45) is 1.90. The molecule has 0 radical (unpaired) electrons. The van der Waals surface area contributed by atoms with Gasteiger partial charge in [0.2, 0.25) is 10.0 Å². The second-order valence-electron chi connectivity index (χ2n) is 7.50. The van der Waals surface area contributed by atoms with Crippen molar-refractivity contribution in [1.29, 1.82) is 5.26 Å². The van der Waals surface area contributed by atoms with Crippen LogP contribution in [-0.2, 0) is 26.8 Å². The number of nitrogens with zero attached hydrogens (tertiary/aromatic N) is 2. The van der Waals surface area contributed by atoms with Crippen molar-refractivity contribution in [2.75, 3.05) is 33.9 Å². The Balaban J connectivity index is 1.59. The lowest BCUT2D eigenvalue weighted by atomic mass is 9.79. The maximum absolute atomic E-state index is 13.1. The molecule has 2 aromatic carbocycles. The van der Waals surface area contributed by atoms with Crippen molar-refractivity contribution in [3.8, 4) is 17.6 Å². The number of hydrogen-bond donors (Lipinski definition) is 0. The summed E-state index contributed by atoms with van der Waals surface area (Å²) in [7, 11) is -0.398. The Labute approximate surface area is 176 Å². The summed E-state index contributed by atoms with van der Waals surface area (Å²) >= 11 is 0. The Morgan fingerprint density at radius 3 is 2.30 bits per heavy atom. The smallest absolute Gasteiger partial charge is 0.243 e. The molecular weight excluding hydrogens is 404 g/mol. The van der Waals surface area contributed by atoms with E-state index < -0.39 is 15.6 Å². The second kappa shape index (κ2) is 7.91. The molecule has 0 N–H and O–H groups in total. The van der Waals surface area contributed by atoms with Crippen molar-refractivity contribution < 1.29 is 22.6 Å². The molecule has 0 amide bonds. The minimum Gasteiger partial charge on any atom is -0.493 e. The highest BCUT2D eigenvalue weighted by molar-refractivity contribution is 7.89. The van der Waals surface area contributed by atoms with Crippen molar-refractivity contribution in [3.63, 3.8) is 0 Å². The van der Waals surface area contributed by atoms with E-state index in [-0.39, 0.29) is 4.90 Å². The molecule has 2 aliphatic heterocycles. The van der Waals surface area contributed by atoms with Crippen molar-refractivity contribution in [1.82, 2.24) is 4.31 Å². The average Bonchev–Trinajstić information content (AvgIpc) is 2.79. The summed E-state index contributed by atoms with van der Waals surface area (Å²) in [5.41, 5.74) is 2.12. The van der Waals surface area contributed by atoms with Crippen LogP contribution in [-0.4, -0.2) is 46.6 Å². The van der Waals surface area contributed by atoms with Gasteiger partial charge in [-0.1, -0.05) is 0 Å². The molecule has 8 heteroatoms. The maximum Gasteiger partial charge on any atom is 0.243 e. The van der Waals surface area contributed by atoms with E-state index >= 15 is 0 Å². The number of rotatable bonds is 4. The number of benzene rings is 2. The quantitative estimate of drug-likeness (QED) is 0.744. The number of fused-ring (bicyclic) bond motifs is 2. The molecule has 0 bridgehead atoms. The van der Waals surface area contributed by atoms with Gasteiger partial charge in [0.25, 0.3) is 0 Å². The number of ether oxygens (including phenoxy) is 3. The molecule has 0 unspecified atom stereocenters. The maximum atomic E-state index is 13.1. The summed E-state index contributed by atoms with van der Waals surface area (Å²) in [5.74, 6) is 1.34. The van der Waals surface area contributed by atoms with Gasteiger partial charge < -0.3 is 14.2 Å². The Hall–Kier alpha value is -2.60. The monoisotopic (exact) mass is 428 g/mol. The van der Waals surface area contributed by atoms with Crippen LogP contribution in [0.4, 0.5) is 0 Å². The van der Waals surface area contributed by atoms with E-state index in [0.717, 1.165) is 17.5 Å². The molecule has 0 saturated carbocycles. The fraction of sp³-hybridized carbons (Fsp3) is 0.409. The minimum absolute atomic E-state index is 0.203. The van der Waals surface area contributed by atoms with Crippen molar-refractivity contribution in [2.45, 2.75) is 29.8 Å². The molecule has 158 valence electrons. The summed E-state index contributed by atoms with van der Waals surface area (Å²) in [6, 6.07) is 12.0. The zero-order valence-corrected chi connectivity index (χ0v) is 17.9. The molecule has 2 aromatic rings. The van der Waals surface area contributed by atoms with Gasteiger partial charge in [0.1, 0.15) is 0 Å². The zero-order chi connectivity index (χ0) is 21.4. The van der Waals surface area contributed by atoms with Crippen LogP contribution < -0.4 is 9.47 Å². The molecule has 30 heavy (non-hydrogen) atoms. The lowest BCUT2D eigenvalue weighted by molar-refractivity contribution is -0.0893. The Bertz CT molecular complexity index is 1080. The topological polar surface area (TPSA) is 88.9 Å². The number of methoxy groups -OCH3 is 2. The van der Waals surface area contributed by atoms with Crippen molar-refractivity contribution >= 4 is 10.0 Å². The third kappa shape index (κ3) is 3.43. The van der Waals surface area contributed by atoms with Crippen LogP contribution in [0.25, 0.3) is 0 Å². The predicted molar refractivity (Wildman–Crippen MR) is 110 cm³/mol. The lowest BCUT2D eigenvalue weighted by Crippen LogP contribution is -2.48. The largest absolute Gasteiger partial charge is 0.493 e. The zero-order valence-electron chi connectivity index (χ0n) is 17.1. The predicted octanol–water partition coefficient (Wildman–Crippen LogP) is 2.83. The van der Waals surface area contributed by atoms with Gasteiger partial charge in [0.15, 0.2) is 11.5 Å². The summed E-state index contributed by atoms with van der Waals surface area (Å²) in [4.78, 5) is 0.203. The third-order valence-corrected chi connectivity index (χ3v) is 7.91. The first-order chi connectivity index (χ1) is 14.4. The van der Waals surface area contributed by atoms with E-state index in [1.165, 1.54) is 28.6 Å². The lowest BCUT2D eigenvalue weighted by Gasteiger charge is -2.44. The molecule has 0 aliphatic carbocycles. The molecule has 2 aliphatic rings. The molecule has 0 atom stereocenters. The van der Waals surface area contributed by atoms with Crippen LogP contribution in [0, 0.1) is 11.3 Å². The van der Waals surface area contributed by atoms with Crippen molar-refractivity contribution in [3.05, 3.63) is 53.1 Å². The highest BCUT2D eigenvalue weighted by atomic mass is 32.2. The summed E-state index contributed by atoms with van der Waals surface area (Å²) < 4.78 is 44.8. The second-order valence-corrected chi connectivity index (χ2v) is 9.44. The van der Waals surface area contributed by atoms with Gasteiger partial charge in [-0.2, -0.15) is 9.57 Å². The minimum atomic E-state index is -3.62. The van der Waals surface area contributed by atoms with E-state index in [0.29, 0.717) is 49.6 Å². The molecule has 0 aromatic heterocycles. The average molecular weight is 429 g/mol. The highest BCUT2D eigenvalue weighted by Gasteiger charge is 2.44. The molecule has 7 nitrogen and oxygen atoms in total. The van der Waals surface area contributed by atoms with Gasteiger partial charge in [-0.15, -0.1) is 0 Å². The fourth-order valence-corrected chi connectivity index (χ4v) is 5.78. The van der Waals surface area contributed by atoms with Gasteiger partial charge in [0, 0.05) is 13.1 Å². The first-order valence-corrected chi connectivity index (χ1v) is 11.3. The first-order valence-electron chi connectivity index (χ1n) is 9.83. The number of hydrogen-bond acceptors (Lipinski definition) is 6. The summed E-state index contributed by atoms with van der Waals surface area (Å²) in [6.45, 7) is 1.30. The van der Waals surface area contributed by atoms with E-state index in [4.69, 9.17) is 19.5 Å². The molecular formula is C22H24N2O5S. The van der Waals surface area contributed by atoms with Crippen LogP contribution in [0.15, 0.2) is 41.3 Å². The molecule has 1 spiro atoms. The molecule has 4 rings (SSSR count). The van der Waals surface area contributed by atoms with Crippen LogP contribution in [0.1, 0.15) is 29.5 Å². The van der Waals surface area contributed by atoms with E-state index in [1.807, 2.05) is 18.2 Å². The third-order valence-electron chi connectivity index (χ3n) is 6.00. The van der Waals surface area contributed by atoms with Gasteiger partial charge in [-0.25, -0.2) is 8.42 Å². The van der Waals surface area contributed by atoms with E-state index in [2.05, 4.69) is 0 Å². The van der Waals surface area contributed by atoms with Gasteiger partial charge in [-0.3, -0.25) is 0 Å². The van der Waals surface area contributed by atoms with E-state index in [9.17, 15) is 8.42 Å². The molecule has 2 heterocycles. The van der Waals surface area contributed by atoms with Gasteiger partial charge >= 0.3 is 0 Å². The Morgan fingerprint density at radius 2 is 1.70 bits per heavy atom. The van der Waals surface area contributed by atoms with Crippen molar-refractivity contribution in [2.24, 2.45) is 0 Å². The number of sulfonamides is 1. The standard InChI is InChI=1S/C22H24N2O5S/c1-27-20-13-17-7-12-29-22(19(17)14-21(20)28-2)8-10-24(11-9-22)30(25,26)18-5-3-16(15-23)4-6-18/h3-6,13-14H,7-12H2,1-2H3. The van der Waals surface area contributed by atoms with Crippen LogP contribution in [0.5, 0.6) is 11.5 Å². The molecule has 1 fully saturated rings. The van der Waals surface area contributed by atoms with Crippen LogP contribution >= 0.6 is 0 Å². The molecule has 1 saturated heterocycles. The summed E-state index contributed by atoms with van der Waals surface area (Å²) in [5, 5.41) is 8.93. The normalized spacial score (nSPS) is 18.4. The van der Waals surface area contributed by atoms with Crippen LogP contribution in [0.2, 0.25) is 0 Å². The Morgan fingerprint density at radius 1 is 1.07 bits per heavy atom. The Kier molecular flexibility index (Phi) is 5.45. The van der Waals surface area contributed by atoms with E-state index in [1.54, 1.807) is 14.2 Å². The fourth-order valence-electron chi connectivity index (χ4n) is 4.34. The first kappa shape index (κ1) is 20.7. The van der Waals surface area contributed by atoms with Gasteiger partial charge in [-0.05, 0) is 66.8 Å². The number of nitriles is 1. The SMILES string of the molecule is COc1cc2c(cc1OC)C1(CCN(S(=O)(=O)c3ccc(C#N)cc3)CC1)OCC2.